The first-order valence-corrected chi connectivity index (χ1v) is 17.3. The smallest absolute Gasteiger partial charge is 0.272 e. The van der Waals surface area contributed by atoms with E-state index in [4.69, 9.17) is 14.0 Å². The molecule has 12 nitrogen and oxygen atoms in total. The largest absolute Gasteiger partial charge is 0.492 e. The van der Waals surface area contributed by atoms with Crippen molar-refractivity contribution in [2.45, 2.75) is 25.8 Å². The van der Waals surface area contributed by atoms with Crippen LogP contribution in [0.4, 0.5) is 5.82 Å². The number of carbonyl (C=O) groups is 2. The molecule has 5 heterocycles. The van der Waals surface area contributed by atoms with Gasteiger partial charge in [-0.05, 0) is 43.5 Å². The SMILES string of the molecule is O=C(c1ccccn1)N1CCCCN(C(=O)c2c(N3CCOCC3)noc2-c2ccccc2)CCCn2ccnc2-c2cccc(c2)OCC1. The number of aromatic nitrogens is 4. The number of pyridine rings is 1. The Labute approximate surface area is 291 Å². The third kappa shape index (κ3) is 7.55. The van der Waals surface area contributed by atoms with Crippen LogP contribution in [0.25, 0.3) is 22.7 Å². The molecule has 0 atom stereocenters. The van der Waals surface area contributed by atoms with Crippen molar-refractivity contribution in [3.05, 3.63) is 103 Å². The van der Waals surface area contributed by atoms with Crippen LogP contribution in [0.1, 0.15) is 40.1 Å². The van der Waals surface area contributed by atoms with Crippen LogP contribution in [-0.4, -0.2) is 100 Å². The van der Waals surface area contributed by atoms with Gasteiger partial charge < -0.3 is 33.3 Å². The number of fused-ring (bicyclic) bond motifs is 4. The Hall–Kier alpha value is -5.49. The fourth-order valence-corrected chi connectivity index (χ4v) is 6.48. The first-order chi connectivity index (χ1) is 24.7. The molecule has 2 aliphatic rings. The van der Waals surface area contributed by atoms with Gasteiger partial charge in [-0.2, -0.15) is 0 Å². The van der Waals surface area contributed by atoms with Gasteiger partial charge in [0, 0.05) is 69.0 Å². The standard InChI is InChI=1S/C38H41N7O5/c46-37(32-14-4-5-15-39-32)45-18-7-6-17-44(20-9-19-42-21-16-40-35(42)30-12-8-13-31(28-30)49-27-24-45)38(47)33-34(29-10-2-1-3-11-29)50-41-36(33)43-22-25-48-26-23-43/h1-5,8,10-16,21,28H,6-7,9,17-20,22-27H2. The number of amides is 2. The number of nitrogens with zero attached hydrogens (tertiary/aromatic N) is 7. The molecule has 7 rings (SSSR count). The number of aryl methyl sites for hydroxylation is 1. The van der Waals surface area contributed by atoms with E-state index in [1.54, 1.807) is 29.4 Å². The fraction of sp³-hybridized carbons (Fsp3) is 0.342. The van der Waals surface area contributed by atoms with Gasteiger partial charge in [0.15, 0.2) is 11.6 Å². The van der Waals surface area contributed by atoms with E-state index < -0.39 is 0 Å². The van der Waals surface area contributed by atoms with Gasteiger partial charge in [-0.15, -0.1) is 0 Å². The second kappa shape index (κ2) is 15.8. The van der Waals surface area contributed by atoms with E-state index in [2.05, 4.69) is 24.6 Å². The summed E-state index contributed by atoms with van der Waals surface area (Å²) >= 11 is 0. The van der Waals surface area contributed by atoms with Gasteiger partial charge in [0.05, 0.1) is 19.8 Å². The van der Waals surface area contributed by atoms with Crippen LogP contribution in [0.5, 0.6) is 5.75 Å². The number of carbonyl (C=O) groups excluding carboxylic acids is 2. The zero-order valence-corrected chi connectivity index (χ0v) is 28.0. The highest BCUT2D eigenvalue weighted by atomic mass is 16.5. The van der Waals surface area contributed by atoms with E-state index in [0.717, 1.165) is 17.0 Å². The lowest BCUT2D eigenvalue weighted by Crippen LogP contribution is -2.39. The summed E-state index contributed by atoms with van der Waals surface area (Å²) < 4.78 is 19.8. The lowest BCUT2D eigenvalue weighted by Gasteiger charge is -2.29. The molecule has 0 radical (unpaired) electrons. The number of hydrogen-bond donors (Lipinski definition) is 0. The molecule has 1 fully saturated rings. The average Bonchev–Trinajstić information content (AvgIpc) is 3.83. The van der Waals surface area contributed by atoms with Crippen LogP contribution in [0, 0.1) is 0 Å². The molecule has 0 aliphatic carbocycles. The summed E-state index contributed by atoms with van der Waals surface area (Å²) in [6, 6.07) is 22.8. The number of hydrogen-bond acceptors (Lipinski definition) is 9. The summed E-state index contributed by atoms with van der Waals surface area (Å²) in [5, 5.41) is 4.45. The van der Waals surface area contributed by atoms with Crippen LogP contribution >= 0.6 is 0 Å². The lowest BCUT2D eigenvalue weighted by atomic mass is 10.1. The van der Waals surface area contributed by atoms with Gasteiger partial charge in [-0.25, -0.2) is 4.98 Å². The molecule has 5 aromatic rings. The zero-order valence-electron chi connectivity index (χ0n) is 28.0. The van der Waals surface area contributed by atoms with Crippen molar-refractivity contribution in [2.75, 3.05) is 64.0 Å². The number of morpholine rings is 1. The van der Waals surface area contributed by atoms with Crippen molar-refractivity contribution in [1.29, 1.82) is 0 Å². The first kappa shape index (κ1) is 33.0. The summed E-state index contributed by atoms with van der Waals surface area (Å²) in [6.45, 7) is 5.24. The van der Waals surface area contributed by atoms with Crippen molar-refractivity contribution in [3.8, 4) is 28.5 Å². The van der Waals surface area contributed by atoms with Crippen molar-refractivity contribution in [1.82, 2.24) is 29.5 Å². The molecule has 12 heteroatoms. The quantitative estimate of drug-likeness (QED) is 0.251. The molecule has 2 bridgehead atoms. The minimum Gasteiger partial charge on any atom is -0.492 e. The Kier molecular flexibility index (Phi) is 10.4. The maximum absolute atomic E-state index is 14.7. The fourth-order valence-electron chi connectivity index (χ4n) is 6.48. The molecule has 0 N–H and O–H groups in total. The third-order valence-electron chi connectivity index (χ3n) is 9.06. The minimum atomic E-state index is -0.150. The highest BCUT2D eigenvalue weighted by molar-refractivity contribution is 6.04. The van der Waals surface area contributed by atoms with Gasteiger partial charge in [0.1, 0.15) is 29.4 Å². The molecule has 2 amide bonds. The molecule has 3 aromatic heterocycles. The van der Waals surface area contributed by atoms with Crippen molar-refractivity contribution in [3.63, 3.8) is 0 Å². The molecule has 0 unspecified atom stereocenters. The number of ether oxygens (including phenoxy) is 2. The van der Waals surface area contributed by atoms with E-state index in [9.17, 15) is 9.59 Å². The van der Waals surface area contributed by atoms with Crippen LogP contribution in [0.15, 0.2) is 95.9 Å². The summed E-state index contributed by atoms with van der Waals surface area (Å²) in [5.41, 5.74) is 2.58. The van der Waals surface area contributed by atoms with E-state index in [1.807, 2.05) is 71.8 Å². The molecule has 50 heavy (non-hydrogen) atoms. The average molecular weight is 676 g/mol. The van der Waals surface area contributed by atoms with Gasteiger partial charge in [0.2, 0.25) is 0 Å². The number of imidazole rings is 1. The molecule has 1 saturated heterocycles. The van der Waals surface area contributed by atoms with E-state index in [0.29, 0.717) is 113 Å². The first-order valence-electron chi connectivity index (χ1n) is 17.3. The Morgan fingerprint density at radius 2 is 1.42 bits per heavy atom. The maximum atomic E-state index is 14.7. The monoisotopic (exact) mass is 675 g/mol. The maximum Gasteiger partial charge on any atom is 0.272 e. The molecule has 2 aromatic carbocycles. The Morgan fingerprint density at radius 3 is 2.22 bits per heavy atom. The highest BCUT2D eigenvalue weighted by Gasteiger charge is 2.31. The molecule has 258 valence electrons. The molecular weight excluding hydrogens is 634 g/mol. The van der Waals surface area contributed by atoms with E-state index in [-0.39, 0.29) is 11.8 Å². The summed E-state index contributed by atoms with van der Waals surface area (Å²) in [4.78, 5) is 43.0. The normalized spacial score (nSPS) is 16.3. The van der Waals surface area contributed by atoms with Crippen molar-refractivity contribution >= 4 is 17.6 Å². The second-order valence-electron chi connectivity index (χ2n) is 12.4. The summed E-state index contributed by atoms with van der Waals surface area (Å²) in [6.07, 6.45) is 7.47. The minimum absolute atomic E-state index is 0.127. The predicted molar refractivity (Wildman–Crippen MR) is 188 cm³/mol. The predicted octanol–water partition coefficient (Wildman–Crippen LogP) is 5.28. The molecule has 2 aliphatic heterocycles. The zero-order chi connectivity index (χ0) is 34.1. The van der Waals surface area contributed by atoms with Crippen LogP contribution < -0.4 is 9.64 Å². The highest BCUT2D eigenvalue weighted by Crippen LogP contribution is 2.33. The number of anilines is 1. The number of benzene rings is 2. The Balaban J connectivity index is 1.19. The lowest BCUT2D eigenvalue weighted by molar-refractivity contribution is 0.0700. The molecular formula is C38H41N7O5. The Bertz CT molecular complexity index is 1870. The van der Waals surface area contributed by atoms with Crippen molar-refractivity contribution in [2.24, 2.45) is 0 Å². The van der Waals surface area contributed by atoms with Gasteiger partial charge in [0.25, 0.3) is 11.8 Å². The van der Waals surface area contributed by atoms with Crippen LogP contribution in [0.2, 0.25) is 0 Å². The van der Waals surface area contributed by atoms with E-state index in [1.165, 1.54) is 0 Å². The second-order valence-corrected chi connectivity index (χ2v) is 12.4. The molecule has 0 saturated carbocycles. The summed E-state index contributed by atoms with van der Waals surface area (Å²) in [5.74, 6) is 2.27. The third-order valence-corrected chi connectivity index (χ3v) is 9.06. The summed E-state index contributed by atoms with van der Waals surface area (Å²) in [7, 11) is 0. The van der Waals surface area contributed by atoms with Crippen LogP contribution in [-0.2, 0) is 11.3 Å². The number of rotatable bonds is 4. The topological polar surface area (TPSA) is 119 Å². The van der Waals surface area contributed by atoms with Gasteiger partial charge >= 0.3 is 0 Å². The van der Waals surface area contributed by atoms with Gasteiger partial charge in [-0.3, -0.25) is 14.6 Å². The van der Waals surface area contributed by atoms with Crippen molar-refractivity contribution < 1.29 is 23.6 Å². The van der Waals surface area contributed by atoms with Gasteiger partial charge in [-0.1, -0.05) is 53.7 Å². The van der Waals surface area contributed by atoms with E-state index >= 15 is 0 Å². The van der Waals surface area contributed by atoms with Crippen LogP contribution in [0.3, 0.4) is 0 Å². The Morgan fingerprint density at radius 1 is 0.660 bits per heavy atom. The molecule has 0 spiro atoms.